The summed E-state index contributed by atoms with van der Waals surface area (Å²) in [6.45, 7) is 0.838. The van der Waals surface area contributed by atoms with Gasteiger partial charge in [0.1, 0.15) is 0 Å². The lowest BCUT2D eigenvalue weighted by atomic mass is 10.1. The molecule has 1 aromatic heterocycles. The van der Waals surface area contributed by atoms with Crippen LogP contribution >= 0.6 is 27.3 Å². The fourth-order valence-corrected chi connectivity index (χ4v) is 3.56. The summed E-state index contributed by atoms with van der Waals surface area (Å²) in [7, 11) is 0. The summed E-state index contributed by atoms with van der Waals surface area (Å²) in [5.74, 6) is 0.812. The summed E-state index contributed by atoms with van der Waals surface area (Å²) >= 11 is 5.26. The fourth-order valence-electron chi connectivity index (χ4n) is 2.10. The molecule has 2 nitrogen and oxygen atoms in total. The van der Waals surface area contributed by atoms with Gasteiger partial charge in [-0.3, -0.25) is 4.79 Å². The van der Waals surface area contributed by atoms with E-state index < -0.39 is 0 Å². The van der Waals surface area contributed by atoms with E-state index in [1.807, 2.05) is 16.8 Å². The van der Waals surface area contributed by atoms with Crippen molar-refractivity contribution in [2.24, 2.45) is 5.92 Å². The third-order valence-electron chi connectivity index (χ3n) is 3.01. The smallest absolute Gasteiger partial charge is 0.224 e. The first-order chi connectivity index (χ1) is 7.74. The van der Waals surface area contributed by atoms with Gasteiger partial charge in [0.15, 0.2) is 0 Å². The van der Waals surface area contributed by atoms with Gasteiger partial charge in [-0.05, 0) is 47.6 Å². The van der Waals surface area contributed by atoms with Crippen LogP contribution in [0.15, 0.2) is 16.8 Å². The van der Waals surface area contributed by atoms with Crippen LogP contribution in [0, 0.1) is 5.92 Å². The highest BCUT2D eigenvalue weighted by molar-refractivity contribution is 9.09. The minimum atomic E-state index is 0.149. The van der Waals surface area contributed by atoms with E-state index in [0.29, 0.717) is 17.2 Å². The Hall–Kier alpha value is -0.350. The molecule has 1 aromatic rings. The molecule has 0 saturated heterocycles. The summed E-state index contributed by atoms with van der Waals surface area (Å²) in [4.78, 5) is 12.3. The summed E-state index contributed by atoms with van der Waals surface area (Å²) < 4.78 is 0. The average molecular weight is 302 g/mol. The highest BCUT2D eigenvalue weighted by Crippen LogP contribution is 2.29. The van der Waals surface area contributed by atoms with Crippen LogP contribution < -0.4 is 5.32 Å². The van der Waals surface area contributed by atoms with E-state index in [4.69, 9.17) is 0 Å². The second-order valence-electron chi connectivity index (χ2n) is 4.39. The predicted molar refractivity (Wildman–Crippen MR) is 71.1 cm³/mol. The Morgan fingerprint density at radius 1 is 1.56 bits per heavy atom. The van der Waals surface area contributed by atoms with Crippen molar-refractivity contribution in [3.05, 3.63) is 22.4 Å². The van der Waals surface area contributed by atoms with E-state index in [0.717, 1.165) is 12.1 Å². The van der Waals surface area contributed by atoms with Crippen LogP contribution in [0.25, 0.3) is 0 Å². The topological polar surface area (TPSA) is 29.1 Å². The SMILES string of the molecule is O=C(Cc1ccsc1)NCC1CCC(Br)C1. The van der Waals surface area contributed by atoms with E-state index in [1.54, 1.807) is 11.3 Å². The third kappa shape index (κ3) is 3.59. The molecule has 2 atom stereocenters. The van der Waals surface area contributed by atoms with E-state index >= 15 is 0 Å². The average Bonchev–Trinajstić information content (AvgIpc) is 2.87. The number of halogens is 1. The van der Waals surface area contributed by atoms with Crippen molar-refractivity contribution in [3.8, 4) is 0 Å². The van der Waals surface area contributed by atoms with Gasteiger partial charge < -0.3 is 5.32 Å². The molecule has 0 spiro atoms. The molecule has 1 heterocycles. The molecule has 1 saturated carbocycles. The minimum Gasteiger partial charge on any atom is -0.356 e. The maximum Gasteiger partial charge on any atom is 0.224 e. The number of thiophene rings is 1. The zero-order chi connectivity index (χ0) is 11.4. The molecule has 1 N–H and O–H groups in total. The first kappa shape index (κ1) is 12.1. The zero-order valence-electron chi connectivity index (χ0n) is 9.12. The van der Waals surface area contributed by atoms with Crippen molar-refractivity contribution in [2.75, 3.05) is 6.54 Å². The van der Waals surface area contributed by atoms with Gasteiger partial charge >= 0.3 is 0 Å². The maximum atomic E-state index is 11.6. The van der Waals surface area contributed by atoms with Crippen LogP contribution in [-0.4, -0.2) is 17.3 Å². The Labute approximate surface area is 109 Å². The Morgan fingerprint density at radius 3 is 3.06 bits per heavy atom. The molecule has 0 radical (unpaired) electrons. The molecule has 2 rings (SSSR count). The minimum absolute atomic E-state index is 0.149. The Morgan fingerprint density at radius 2 is 2.44 bits per heavy atom. The summed E-state index contributed by atoms with van der Waals surface area (Å²) in [5.41, 5.74) is 1.12. The van der Waals surface area contributed by atoms with E-state index in [2.05, 4.69) is 21.2 Å². The zero-order valence-corrected chi connectivity index (χ0v) is 11.5. The van der Waals surface area contributed by atoms with Gasteiger partial charge in [-0.25, -0.2) is 0 Å². The molecular weight excluding hydrogens is 286 g/mol. The van der Waals surface area contributed by atoms with Crippen molar-refractivity contribution >= 4 is 33.2 Å². The van der Waals surface area contributed by atoms with E-state index in [-0.39, 0.29) is 5.91 Å². The molecule has 88 valence electrons. The van der Waals surface area contributed by atoms with Gasteiger partial charge in [0.2, 0.25) is 5.91 Å². The van der Waals surface area contributed by atoms with Crippen LogP contribution in [0.4, 0.5) is 0 Å². The Kier molecular flexibility index (Phi) is 4.41. The lowest BCUT2D eigenvalue weighted by Gasteiger charge is -2.10. The van der Waals surface area contributed by atoms with Crippen LogP contribution in [0.3, 0.4) is 0 Å². The Bertz CT molecular complexity index is 339. The number of hydrogen-bond donors (Lipinski definition) is 1. The number of nitrogens with one attached hydrogen (secondary N) is 1. The standard InChI is InChI=1S/C12H16BrNOS/c13-11-2-1-9(5-11)7-14-12(15)6-10-3-4-16-8-10/h3-4,8-9,11H,1-2,5-7H2,(H,14,15). The van der Waals surface area contributed by atoms with Gasteiger partial charge in [-0.1, -0.05) is 15.9 Å². The summed E-state index contributed by atoms with van der Waals surface area (Å²) in [6, 6.07) is 2.01. The van der Waals surface area contributed by atoms with Crippen molar-refractivity contribution < 1.29 is 4.79 Å². The Balaban J connectivity index is 1.68. The largest absolute Gasteiger partial charge is 0.356 e. The van der Waals surface area contributed by atoms with Crippen molar-refractivity contribution in [1.82, 2.24) is 5.32 Å². The molecule has 0 bridgehead atoms. The number of amides is 1. The van der Waals surface area contributed by atoms with Gasteiger partial charge in [0, 0.05) is 11.4 Å². The molecule has 4 heteroatoms. The molecule has 1 aliphatic carbocycles. The lowest BCUT2D eigenvalue weighted by Crippen LogP contribution is -2.29. The number of carbonyl (C=O) groups excluding carboxylic acids is 1. The predicted octanol–water partition coefficient (Wildman–Crippen LogP) is 2.97. The van der Waals surface area contributed by atoms with Crippen LogP contribution in [0.1, 0.15) is 24.8 Å². The molecular formula is C12H16BrNOS. The van der Waals surface area contributed by atoms with Gasteiger partial charge in [-0.15, -0.1) is 0 Å². The maximum absolute atomic E-state index is 11.6. The number of alkyl halides is 1. The number of hydrogen-bond acceptors (Lipinski definition) is 2. The van der Waals surface area contributed by atoms with Crippen LogP contribution in [0.2, 0.25) is 0 Å². The van der Waals surface area contributed by atoms with Crippen LogP contribution in [0.5, 0.6) is 0 Å². The fraction of sp³-hybridized carbons (Fsp3) is 0.583. The molecule has 1 amide bonds. The first-order valence-corrected chi connectivity index (χ1v) is 7.51. The van der Waals surface area contributed by atoms with Crippen molar-refractivity contribution in [1.29, 1.82) is 0 Å². The first-order valence-electron chi connectivity index (χ1n) is 5.66. The van der Waals surface area contributed by atoms with E-state index in [9.17, 15) is 4.79 Å². The molecule has 0 aromatic carbocycles. The molecule has 16 heavy (non-hydrogen) atoms. The molecule has 1 aliphatic rings. The van der Waals surface area contributed by atoms with Gasteiger partial charge in [0.25, 0.3) is 0 Å². The number of carbonyl (C=O) groups is 1. The highest BCUT2D eigenvalue weighted by Gasteiger charge is 2.22. The second kappa shape index (κ2) is 5.82. The van der Waals surface area contributed by atoms with Gasteiger partial charge in [0.05, 0.1) is 6.42 Å². The monoisotopic (exact) mass is 301 g/mol. The van der Waals surface area contributed by atoms with Crippen LogP contribution in [-0.2, 0) is 11.2 Å². The highest BCUT2D eigenvalue weighted by atomic mass is 79.9. The molecule has 0 aliphatic heterocycles. The molecule has 1 fully saturated rings. The van der Waals surface area contributed by atoms with Crippen molar-refractivity contribution in [2.45, 2.75) is 30.5 Å². The molecule has 2 unspecified atom stereocenters. The number of rotatable bonds is 4. The van der Waals surface area contributed by atoms with Crippen molar-refractivity contribution in [3.63, 3.8) is 0 Å². The summed E-state index contributed by atoms with van der Waals surface area (Å²) in [5, 5.41) is 7.07. The van der Waals surface area contributed by atoms with Gasteiger partial charge in [-0.2, -0.15) is 11.3 Å². The van der Waals surface area contributed by atoms with E-state index in [1.165, 1.54) is 19.3 Å². The third-order valence-corrected chi connectivity index (χ3v) is 4.57. The summed E-state index contributed by atoms with van der Waals surface area (Å²) in [6.07, 6.45) is 4.19. The quantitative estimate of drug-likeness (QED) is 0.851. The normalized spacial score (nSPS) is 24.6. The second-order valence-corrected chi connectivity index (χ2v) is 6.46. The lowest BCUT2D eigenvalue weighted by molar-refractivity contribution is -0.120.